The van der Waals surface area contributed by atoms with Crippen molar-refractivity contribution in [3.05, 3.63) is 60.2 Å². The summed E-state index contributed by atoms with van der Waals surface area (Å²) >= 11 is 0. The van der Waals surface area contributed by atoms with Gasteiger partial charge in [-0.25, -0.2) is 5.01 Å². The molecule has 3 rings (SSSR count). The first-order valence-corrected chi connectivity index (χ1v) is 8.46. The topological polar surface area (TPSA) is 41.9 Å². The first-order valence-electron chi connectivity index (χ1n) is 8.46. The van der Waals surface area contributed by atoms with Crippen LogP contribution in [0.15, 0.2) is 59.7 Å². The molecule has 4 nitrogen and oxygen atoms in total. The van der Waals surface area contributed by atoms with Crippen LogP contribution in [-0.4, -0.2) is 18.2 Å². The van der Waals surface area contributed by atoms with Crippen molar-refractivity contribution < 1.29 is 9.53 Å². The molecule has 0 N–H and O–H groups in total. The van der Waals surface area contributed by atoms with Crippen LogP contribution in [0, 0.1) is 0 Å². The van der Waals surface area contributed by atoms with Crippen molar-refractivity contribution in [1.29, 1.82) is 0 Å². The number of hydrogen-bond acceptors (Lipinski definition) is 3. The molecule has 124 valence electrons. The molecule has 0 saturated carbocycles. The zero-order valence-electron chi connectivity index (χ0n) is 13.9. The first kappa shape index (κ1) is 16.2. The van der Waals surface area contributed by atoms with Gasteiger partial charge in [0, 0.05) is 0 Å². The van der Waals surface area contributed by atoms with E-state index in [4.69, 9.17) is 4.74 Å². The van der Waals surface area contributed by atoms with E-state index in [-0.39, 0.29) is 5.91 Å². The Morgan fingerprint density at radius 1 is 1.04 bits per heavy atom. The standard InChI is InChI=1S/C20H22N2O2/c1-2-3-7-14-24-18-12-10-16(11-13-18)19-15-20(23)22(21-19)17-8-5-4-6-9-17/h4-6,8-13H,2-3,7,14-15H2,1H3. The molecule has 0 aliphatic carbocycles. The SMILES string of the molecule is CCCCCOc1ccc(C2=NN(c3ccccc3)C(=O)C2)cc1. The van der Waals surface area contributed by atoms with Crippen LogP contribution in [0.25, 0.3) is 0 Å². The Labute approximate surface area is 142 Å². The molecule has 1 heterocycles. The summed E-state index contributed by atoms with van der Waals surface area (Å²) in [5.74, 6) is 0.857. The Hall–Kier alpha value is -2.62. The van der Waals surface area contributed by atoms with Crippen LogP contribution in [0.2, 0.25) is 0 Å². The third-order valence-electron chi connectivity index (χ3n) is 3.98. The molecular formula is C20H22N2O2. The van der Waals surface area contributed by atoms with Gasteiger partial charge >= 0.3 is 0 Å². The lowest BCUT2D eigenvalue weighted by atomic mass is 10.1. The molecule has 2 aromatic carbocycles. The number of amides is 1. The van der Waals surface area contributed by atoms with Gasteiger partial charge in [-0.2, -0.15) is 5.10 Å². The summed E-state index contributed by atoms with van der Waals surface area (Å²) in [6.07, 6.45) is 3.78. The molecular weight excluding hydrogens is 300 g/mol. The molecule has 1 amide bonds. The minimum Gasteiger partial charge on any atom is -0.494 e. The average Bonchev–Trinajstić information content (AvgIpc) is 3.02. The number of carbonyl (C=O) groups excluding carboxylic acids is 1. The molecule has 0 atom stereocenters. The maximum absolute atomic E-state index is 12.2. The van der Waals surface area contributed by atoms with E-state index in [1.54, 1.807) is 0 Å². The van der Waals surface area contributed by atoms with Crippen molar-refractivity contribution in [1.82, 2.24) is 0 Å². The number of unbranched alkanes of at least 4 members (excludes halogenated alkanes) is 2. The Kier molecular flexibility index (Phi) is 5.26. The smallest absolute Gasteiger partial charge is 0.253 e. The van der Waals surface area contributed by atoms with Crippen LogP contribution in [0.3, 0.4) is 0 Å². The highest BCUT2D eigenvalue weighted by Gasteiger charge is 2.25. The normalized spacial score (nSPS) is 14.0. The van der Waals surface area contributed by atoms with E-state index in [0.29, 0.717) is 6.42 Å². The Morgan fingerprint density at radius 2 is 1.79 bits per heavy atom. The summed E-state index contributed by atoms with van der Waals surface area (Å²) in [6, 6.07) is 17.3. The van der Waals surface area contributed by atoms with Gasteiger partial charge in [0.2, 0.25) is 0 Å². The van der Waals surface area contributed by atoms with Crippen LogP contribution in [0.4, 0.5) is 5.69 Å². The number of anilines is 1. The van der Waals surface area contributed by atoms with Crippen LogP contribution < -0.4 is 9.75 Å². The van der Waals surface area contributed by atoms with E-state index >= 15 is 0 Å². The van der Waals surface area contributed by atoms with Gasteiger partial charge in [-0.05, 0) is 48.4 Å². The van der Waals surface area contributed by atoms with E-state index in [1.165, 1.54) is 17.9 Å². The van der Waals surface area contributed by atoms with Crippen LogP contribution in [-0.2, 0) is 4.79 Å². The maximum Gasteiger partial charge on any atom is 0.253 e. The quantitative estimate of drug-likeness (QED) is 0.709. The zero-order chi connectivity index (χ0) is 16.8. The van der Waals surface area contributed by atoms with Gasteiger partial charge in [0.15, 0.2) is 0 Å². The summed E-state index contributed by atoms with van der Waals surface area (Å²) < 4.78 is 5.72. The molecule has 24 heavy (non-hydrogen) atoms. The fourth-order valence-electron chi connectivity index (χ4n) is 2.65. The van der Waals surface area contributed by atoms with E-state index in [1.807, 2.05) is 54.6 Å². The van der Waals surface area contributed by atoms with Gasteiger partial charge in [-0.15, -0.1) is 0 Å². The zero-order valence-corrected chi connectivity index (χ0v) is 13.9. The molecule has 0 aromatic heterocycles. The lowest BCUT2D eigenvalue weighted by Gasteiger charge is -2.10. The number of rotatable bonds is 7. The fourth-order valence-corrected chi connectivity index (χ4v) is 2.65. The van der Waals surface area contributed by atoms with Crippen LogP contribution in [0.1, 0.15) is 38.2 Å². The lowest BCUT2D eigenvalue weighted by Crippen LogP contribution is -2.19. The first-order chi connectivity index (χ1) is 11.8. The highest BCUT2D eigenvalue weighted by molar-refractivity contribution is 6.19. The van der Waals surface area contributed by atoms with Gasteiger partial charge in [-0.1, -0.05) is 38.0 Å². The maximum atomic E-state index is 12.2. The van der Waals surface area contributed by atoms with Crippen LogP contribution >= 0.6 is 0 Å². The fraction of sp³-hybridized carbons (Fsp3) is 0.300. The van der Waals surface area contributed by atoms with Crippen molar-refractivity contribution in [3.63, 3.8) is 0 Å². The van der Waals surface area contributed by atoms with Crippen molar-refractivity contribution >= 4 is 17.3 Å². The minimum absolute atomic E-state index is 0.00362. The predicted octanol–water partition coefficient (Wildman–Crippen LogP) is 4.40. The van der Waals surface area contributed by atoms with E-state index in [0.717, 1.165) is 35.7 Å². The summed E-state index contributed by atoms with van der Waals surface area (Å²) in [4.78, 5) is 12.2. The minimum atomic E-state index is -0.00362. The molecule has 0 unspecified atom stereocenters. The monoisotopic (exact) mass is 322 g/mol. The molecule has 0 saturated heterocycles. The molecule has 4 heteroatoms. The van der Waals surface area contributed by atoms with Gasteiger partial charge in [-0.3, -0.25) is 4.79 Å². The Bertz CT molecular complexity index is 708. The third kappa shape index (κ3) is 3.82. The Balaban J connectivity index is 1.67. The summed E-state index contributed by atoms with van der Waals surface area (Å²) in [5.41, 5.74) is 2.55. The molecule has 2 aromatic rings. The second kappa shape index (κ2) is 7.77. The van der Waals surface area contributed by atoms with Gasteiger partial charge in [0.1, 0.15) is 5.75 Å². The lowest BCUT2D eigenvalue weighted by molar-refractivity contribution is -0.116. The number of para-hydroxylation sites is 1. The number of hydrogen-bond donors (Lipinski definition) is 0. The molecule has 0 spiro atoms. The largest absolute Gasteiger partial charge is 0.494 e. The van der Waals surface area contributed by atoms with Crippen molar-refractivity contribution in [3.8, 4) is 5.75 Å². The summed E-state index contributed by atoms with van der Waals surface area (Å²) in [7, 11) is 0. The van der Waals surface area contributed by atoms with Gasteiger partial charge < -0.3 is 4.74 Å². The number of benzene rings is 2. The molecule has 0 fully saturated rings. The van der Waals surface area contributed by atoms with E-state index in [2.05, 4.69) is 12.0 Å². The van der Waals surface area contributed by atoms with Crippen LogP contribution in [0.5, 0.6) is 5.75 Å². The highest BCUT2D eigenvalue weighted by Crippen LogP contribution is 2.23. The number of carbonyl (C=O) groups is 1. The Morgan fingerprint density at radius 3 is 2.50 bits per heavy atom. The molecule has 0 radical (unpaired) electrons. The van der Waals surface area contributed by atoms with Gasteiger partial charge in [0.25, 0.3) is 5.91 Å². The van der Waals surface area contributed by atoms with Gasteiger partial charge in [0.05, 0.1) is 24.4 Å². The van der Waals surface area contributed by atoms with Crippen molar-refractivity contribution in [2.45, 2.75) is 32.6 Å². The summed E-state index contributed by atoms with van der Waals surface area (Å²) in [5, 5.41) is 5.96. The predicted molar refractivity (Wildman–Crippen MR) is 96.5 cm³/mol. The second-order valence-electron chi connectivity index (χ2n) is 5.84. The van der Waals surface area contributed by atoms with Crippen molar-refractivity contribution in [2.24, 2.45) is 5.10 Å². The second-order valence-corrected chi connectivity index (χ2v) is 5.84. The number of hydrazone groups is 1. The number of nitrogens with zero attached hydrogens (tertiary/aromatic N) is 2. The third-order valence-corrected chi connectivity index (χ3v) is 3.98. The highest BCUT2D eigenvalue weighted by atomic mass is 16.5. The van der Waals surface area contributed by atoms with E-state index in [9.17, 15) is 4.79 Å². The number of ether oxygens (including phenoxy) is 1. The molecule has 1 aliphatic heterocycles. The molecule has 0 bridgehead atoms. The van der Waals surface area contributed by atoms with E-state index < -0.39 is 0 Å². The van der Waals surface area contributed by atoms with Crippen molar-refractivity contribution in [2.75, 3.05) is 11.6 Å². The summed E-state index contributed by atoms with van der Waals surface area (Å²) in [6.45, 7) is 2.92. The average molecular weight is 322 g/mol. The molecule has 1 aliphatic rings.